The van der Waals surface area contributed by atoms with E-state index in [9.17, 15) is 9.59 Å². The monoisotopic (exact) mass is 429 g/mol. The number of rotatable bonds is 5. The fraction of sp³-hybridized carbons (Fsp3) is 0.240. The Kier molecular flexibility index (Phi) is 5.38. The topological polar surface area (TPSA) is 64.0 Å². The summed E-state index contributed by atoms with van der Waals surface area (Å²) < 4.78 is 1.48. The number of nitrogens with one attached hydrogen (secondary N) is 1. The Labute approximate surface area is 184 Å². The molecule has 0 bridgehead atoms. The maximum absolute atomic E-state index is 13.1. The molecule has 2 aromatic carbocycles. The smallest absolute Gasteiger partial charge is 0.269 e. The Bertz CT molecular complexity index is 1290. The minimum absolute atomic E-state index is 0.0469. The number of hydrogen-bond acceptors (Lipinski definition) is 4. The van der Waals surface area contributed by atoms with E-state index in [4.69, 9.17) is 0 Å². The minimum atomic E-state index is -0.282. The summed E-state index contributed by atoms with van der Waals surface area (Å²) in [5.41, 5.74) is 4.96. The molecule has 1 atom stereocenters. The summed E-state index contributed by atoms with van der Waals surface area (Å²) in [5, 5.41) is 5.20. The van der Waals surface area contributed by atoms with Gasteiger partial charge in [-0.15, -0.1) is 11.3 Å². The molecule has 156 valence electrons. The molecule has 6 heteroatoms. The maximum Gasteiger partial charge on any atom is 0.269 e. The lowest BCUT2D eigenvalue weighted by Gasteiger charge is -2.22. The van der Waals surface area contributed by atoms with Crippen molar-refractivity contribution in [2.75, 3.05) is 0 Å². The van der Waals surface area contributed by atoms with Crippen LogP contribution in [0.3, 0.4) is 0 Å². The second-order valence-corrected chi connectivity index (χ2v) is 8.90. The molecule has 1 unspecified atom stereocenters. The van der Waals surface area contributed by atoms with Crippen LogP contribution in [0.15, 0.2) is 71.0 Å². The van der Waals surface area contributed by atoms with Crippen molar-refractivity contribution < 1.29 is 4.79 Å². The first-order valence-electron chi connectivity index (χ1n) is 10.6. The molecule has 0 spiro atoms. The fourth-order valence-corrected chi connectivity index (χ4v) is 5.14. The first-order chi connectivity index (χ1) is 15.2. The summed E-state index contributed by atoms with van der Waals surface area (Å²) in [7, 11) is 0. The molecule has 0 aliphatic heterocycles. The Hall–Kier alpha value is -3.25. The lowest BCUT2D eigenvalue weighted by Crippen LogP contribution is -2.35. The van der Waals surface area contributed by atoms with Crippen LogP contribution in [0.1, 0.15) is 40.5 Å². The number of aryl methyl sites for hydroxylation is 2. The number of fused-ring (bicyclic) bond motifs is 2. The lowest BCUT2D eigenvalue weighted by atomic mass is 9.89. The Morgan fingerprint density at radius 2 is 1.90 bits per heavy atom. The van der Waals surface area contributed by atoms with Gasteiger partial charge in [-0.2, -0.15) is 0 Å². The van der Waals surface area contributed by atoms with Gasteiger partial charge in [0.2, 0.25) is 5.91 Å². The third kappa shape index (κ3) is 4.03. The number of para-hydroxylation sites is 2. The molecule has 5 rings (SSSR count). The van der Waals surface area contributed by atoms with Crippen molar-refractivity contribution in [3.8, 4) is 0 Å². The number of amides is 1. The van der Waals surface area contributed by atoms with Gasteiger partial charge in [0.25, 0.3) is 5.56 Å². The van der Waals surface area contributed by atoms with Gasteiger partial charge in [0.1, 0.15) is 6.54 Å². The highest BCUT2D eigenvalue weighted by molar-refractivity contribution is 7.10. The predicted molar refractivity (Wildman–Crippen MR) is 123 cm³/mol. The molecule has 5 nitrogen and oxygen atoms in total. The quantitative estimate of drug-likeness (QED) is 0.516. The summed E-state index contributed by atoms with van der Waals surface area (Å²) in [6.45, 7) is -0.0469. The van der Waals surface area contributed by atoms with E-state index >= 15 is 0 Å². The summed E-state index contributed by atoms with van der Waals surface area (Å²) in [6.07, 6.45) is 5.95. The molecule has 1 aliphatic rings. The van der Waals surface area contributed by atoms with Gasteiger partial charge < -0.3 is 5.32 Å². The van der Waals surface area contributed by atoms with E-state index in [2.05, 4.69) is 28.5 Å². The van der Waals surface area contributed by atoms with E-state index in [1.165, 1.54) is 34.7 Å². The standard InChI is InChI=1S/C25H23N3O2S/c29-23(16-28-21-9-4-3-8-20(21)26-15-24(28)30)27-25(22-10-5-13-31-22)19-12-11-17-6-1-2-7-18(17)14-19/h3-5,8-15,25H,1-2,6-7,16H2,(H,27,29). The van der Waals surface area contributed by atoms with Gasteiger partial charge in [-0.25, -0.2) is 4.98 Å². The molecule has 31 heavy (non-hydrogen) atoms. The number of aromatic nitrogens is 2. The first-order valence-corrected chi connectivity index (χ1v) is 11.5. The molecular weight excluding hydrogens is 406 g/mol. The minimum Gasteiger partial charge on any atom is -0.343 e. The zero-order valence-corrected chi connectivity index (χ0v) is 17.9. The van der Waals surface area contributed by atoms with E-state index in [1.54, 1.807) is 11.3 Å². The van der Waals surface area contributed by atoms with E-state index in [0.717, 1.165) is 23.3 Å². The summed E-state index contributed by atoms with van der Waals surface area (Å²) in [5.74, 6) is -0.199. The Balaban J connectivity index is 1.45. The largest absolute Gasteiger partial charge is 0.343 e. The van der Waals surface area contributed by atoms with Crippen LogP contribution in [0.25, 0.3) is 11.0 Å². The second kappa shape index (κ2) is 8.47. The van der Waals surface area contributed by atoms with Crippen molar-refractivity contribution in [2.24, 2.45) is 0 Å². The molecule has 2 aromatic heterocycles. The zero-order chi connectivity index (χ0) is 21.2. The normalized spacial score (nSPS) is 14.2. The van der Waals surface area contributed by atoms with Crippen molar-refractivity contribution in [1.82, 2.24) is 14.9 Å². The average molecular weight is 430 g/mol. The molecule has 0 radical (unpaired) electrons. The summed E-state index contributed by atoms with van der Waals surface area (Å²) in [6, 6.07) is 17.8. The van der Waals surface area contributed by atoms with Gasteiger partial charge in [-0.1, -0.05) is 36.4 Å². The van der Waals surface area contributed by atoms with Crippen LogP contribution in [0.5, 0.6) is 0 Å². The van der Waals surface area contributed by atoms with Crippen molar-refractivity contribution in [2.45, 2.75) is 38.3 Å². The van der Waals surface area contributed by atoms with E-state index in [-0.39, 0.29) is 24.1 Å². The highest BCUT2D eigenvalue weighted by Gasteiger charge is 2.21. The molecule has 2 heterocycles. The SMILES string of the molecule is O=C(Cn1c(=O)cnc2ccccc21)NC(c1ccc2c(c1)CCCC2)c1cccs1. The van der Waals surface area contributed by atoms with Crippen LogP contribution in [0.4, 0.5) is 0 Å². The average Bonchev–Trinajstić information content (AvgIpc) is 3.34. The van der Waals surface area contributed by atoms with E-state index in [0.29, 0.717) is 11.0 Å². The van der Waals surface area contributed by atoms with Crippen molar-refractivity contribution in [3.63, 3.8) is 0 Å². The van der Waals surface area contributed by atoms with Crippen LogP contribution in [0, 0.1) is 0 Å². The van der Waals surface area contributed by atoms with Crippen molar-refractivity contribution >= 4 is 28.3 Å². The number of carbonyl (C=O) groups is 1. The lowest BCUT2D eigenvalue weighted by molar-refractivity contribution is -0.122. The molecule has 0 fully saturated rings. The van der Waals surface area contributed by atoms with Gasteiger partial charge >= 0.3 is 0 Å². The van der Waals surface area contributed by atoms with E-state index in [1.807, 2.05) is 41.8 Å². The number of thiophene rings is 1. The highest BCUT2D eigenvalue weighted by atomic mass is 32.1. The van der Waals surface area contributed by atoms with Gasteiger partial charge in [0.15, 0.2) is 0 Å². The van der Waals surface area contributed by atoms with Crippen LogP contribution in [-0.4, -0.2) is 15.5 Å². The van der Waals surface area contributed by atoms with Crippen LogP contribution in [-0.2, 0) is 24.2 Å². The van der Waals surface area contributed by atoms with Gasteiger partial charge in [0.05, 0.1) is 23.3 Å². The number of benzene rings is 2. The molecule has 4 aromatic rings. The second-order valence-electron chi connectivity index (χ2n) is 7.92. The third-order valence-electron chi connectivity index (χ3n) is 5.89. The molecule has 1 N–H and O–H groups in total. The molecule has 1 aliphatic carbocycles. The summed E-state index contributed by atoms with van der Waals surface area (Å²) >= 11 is 1.62. The van der Waals surface area contributed by atoms with Crippen LogP contribution in [0.2, 0.25) is 0 Å². The molecule has 1 amide bonds. The van der Waals surface area contributed by atoms with Crippen molar-refractivity contribution in [3.05, 3.63) is 98.1 Å². The van der Waals surface area contributed by atoms with E-state index < -0.39 is 0 Å². The zero-order valence-electron chi connectivity index (χ0n) is 17.1. The Morgan fingerprint density at radius 1 is 1.06 bits per heavy atom. The highest BCUT2D eigenvalue weighted by Crippen LogP contribution is 2.30. The Morgan fingerprint density at radius 3 is 2.74 bits per heavy atom. The molecule has 0 saturated carbocycles. The third-order valence-corrected chi connectivity index (χ3v) is 6.83. The molecule has 0 saturated heterocycles. The maximum atomic E-state index is 13.1. The van der Waals surface area contributed by atoms with Gasteiger partial charge in [0, 0.05) is 4.88 Å². The fourth-order valence-electron chi connectivity index (χ4n) is 4.34. The first kappa shape index (κ1) is 19.7. The molecular formula is C25H23N3O2S. The number of nitrogens with zero attached hydrogens (tertiary/aromatic N) is 2. The van der Waals surface area contributed by atoms with Crippen LogP contribution < -0.4 is 10.9 Å². The number of carbonyl (C=O) groups excluding carboxylic acids is 1. The predicted octanol–water partition coefficient (Wildman–Crippen LogP) is 4.24. The van der Waals surface area contributed by atoms with Gasteiger partial charge in [-0.05, 0) is 66.0 Å². The van der Waals surface area contributed by atoms with Crippen molar-refractivity contribution in [1.29, 1.82) is 0 Å². The van der Waals surface area contributed by atoms with Gasteiger partial charge in [-0.3, -0.25) is 14.2 Å². The summed E-state index contributed by atoms with van der Waals surface area (Å²) in [4.78, 5) is 30.8. The van der Waals surface area contributed by atoms with Crippen LogP contribution >= 0.6 is 11.3 Å². The number of hydrogen-bond donors (Lipinski definition) is 1.